The molecule has 0 heterocycles. The van der Waals surface area contributed by atoms with Crippen molar-refractivity contribution in [2.24, 2.45) is 35.3 Å². The number of rotatable bonds is 3. The second kappa shape index (κ2) is 3.96. The van der Waals surface area contributed by atoms with Gasteiger partial charge in [0.05, 0.1) is 0 Å². The van der Waals surface area contributed by atoms with Crippen LogP contribution in [0.4, 0.5) is 0 Å². The summed E-state index contributed by atoms with van der Waals surface area (Å²) in [5.74, 6) is 5.12. The molecule has 4 rings (SSSR count). The highest BCUT2D eigenvalue weighted by molar-refractivity contribution is 5.16. The Labute approximate surface area is 105 Å². The van der Waals surface area contributed by atoms with Crippen LogP contribution in [0.2, 0.25) is 0 Å². The molecule has 0 aromatic carbocycles. The minimum atomic E-state index is 0.478. The maximum atomic E-state index is 6.23. The highest BCUT2D eigenvalue weighted by atomic mass is 15.0. The molecular weight excluding hydrogens is 208 g/mol. The second-order valence-electron chi connectivity index (χ2n) is 7.13. The molecule has 2 nitrogen and oxygen atoms in total. The van der Waals surface area contributed by atoms with Crippen molar-refractivity contribution in [2.75, 3.05) is 6.54 Å². The van der Waals surface area contributed by atoms with E-state index < -0.39 is 0 Å². The summed E-state index contributed by atoms with van der Waals surface area (Å²) in [7, 11) is 0. The summed E-state index contributed by atoms with van der Waals surface area (Å²) in [6, 6.07) is 1.38. The van der Waals surface area contributed by atoms with E-state index in [-0.39, 0.29) is 0 Å². The highest BCUT2D eigenvalue weighted by Crippen LogP contribution is 2.65. The summed E-state index contributed by atoms with van der Waals surface area (Å²) < 4.78 is 0. The van der Waals surface area contributed by atoms with Gasteiger partial charge in [0, 0.05) is 12.1 Å². The van der Waals surface area contributed by atoms with Crippen LogP contribution in [-0.4, -0.2) is 18.6 Å². The SMILES string of the molecule is NC1CCCCC1CNC1C2C3CCC(C3)C12. The number of hydrogen-bond acceptors (Lipinski definition) is 2. The Morgan fingerprint density at radius 3 is 2.35 bits per heavy atom. The fourth-order valence-corrected chi connectivity index (χ4v) is 5.38. The van der Waals surface area contributed by atoms with Gasteiger partial charge in [0.1, 0.15) is 0 Å². The Morgan fingerprint density at radius 2 is 1.65 bits per heavy atom. The summed E-state index contributed by atoms with van der Waals surface area (Å²) in [5.41, 5.74) is 6.23. The zero-order valence-corrected chi connectivity index (χ0v) is 10.8. The molecule has 3 N–H and O–H groups in total. The zero-order valence-electron chi connectivity index (χ0n) is 10.8. The molecule has 0 saturated heterocycles. The van der Waals surface area contributed by atoms with Gasteiger partial charge in [0.2, 0.25) is 0 Å². The summed E-state index contributed by atoms with van der Waals surface area (Å²) in [5, 5.41) is 3.88. The average Bonchev–Trinajstić information content (AvgIpc) is 2.74. The molecule has 2 bridgehead atoms. The normalized spacial score (nSPS) is 55.9. The molecule has 4 aliphatic carbocycles. The van der Waals surface area contributed by atoms with Crippen LogP contribution in [0.15, 0.2) is 0 Å². The maximum Gasteiger partial charge on any atom is 0.0136 e. The van der Waals surface area contributed by atoms with Crippen LogP contribution in [0, 0.1) is 29.6 Å². The van der Waals surface area contributed by atoms with Crippen LogP contribution in [0.25, 0.3) is 0 Å². The molecular formula is C15H26N2. The van der Waals surface area contributed by atoms with Gasteiger partial charge in [-0.05, 0) is 68.2 Å². The van der Waals surface area contributed by atoms with Gasteiger partial charge in [0.15, 0.2) is 0 Å². The third kappa shape index (κ3) is 1.67. The Bertz CT molecular complexity index is 287. The molecule has 4 fully saturated rings. The molecule has 4 aliphatic rings. The predicted octanol–water partition coefficient (Wildman–Crippen LogP) is 2.14. The second-order valence-corrected chi connectivity index (χ2v) is 7.13. The molecule has 6 atom stereocenters. The predicted molar refractivity (Wildman–Crippen MR) is 69.5 cm³/mol. The number of fused-ring (bicyclic) bond motifs is 5. The lowest BCUT2D eigenvalue weighted by molar-refractivity contribution is 0.289. The lowest BCUT2D eigenvalue weighted by Gasteiger charge is -2.29. The molecule has 0 aromatic heterocycles. The third-order valence-corrected chi connectivity index (χ3v) is 6.32. The fourth-order valence-electron chi connectivity index (χ4n) is 5.38. The molecule has 4 saturated carbocycles. The largest absolute Gasteiger partial charge is 0.327 e. The minimum Gasteiger partial charge on any atom is -0.327 e. The topological polar surface area (TPSA) is 38.0 Å². The smallest absolute Gasteiger partial charge is 0.0136 e. The van der Waals surface area contributed by atoms with Crippen molar-refractivity contribution in [3.8, 4) is 0 Å². The molecule has 0 spiro atoms. The molecule has 96 valence electrons. The van der Waals surface area contributed by atoms with Crippen molar-refractivity contribution >= 4 is 0 Å². The van der Waals surface area contributed by atoms with E-state index >= 15 is 0 Å². The van der Waals surface area contributed by atoms with Gasteiger partial charge in [0.25, 0.3) is 0 Å². The van der Waals surface area contributed by atoms with Crippen LogP contribution in [0.5, 0.6) is 0 Å². The minimum absolute atomic E-state index is 0.478. The van der Waals surface area contributed by atoms with E-state index in [2.05, 4.69) is 5.32 Å². The van der Waals surface area contributed by atoms with E-state index in [4.69, 9.17) is 5.73 Å². The van der Waals surface area contributed by atoms with E-state index in [0.717, 1.165) is 35.6 Å². The van der Waals surface area contributed by atoms with Crippen LogP contribution in [0.3, 0.4) is 0 Å². The van der Waals surface area contributed by atoms with Crippen LogP contribution < -0.4 is 11.1 Å². The van der Waals surface area contributed by atoms with Gasteiger partial charge < -0.3 is 11.1 Å². The third-order valence-electron chi connectivity index (χ3n) is 6.32. The lowest BCUT2D eigenvalue weighted by Crippen LogP contribution is -2.40. The molecule has 0 aromatic rings. The van der Waals surface area contributed by atoms with E-state index in [1.165, 1.54) is 45.1 Å². The number of hydrogen-bond donors (Lipinski definition) is 2. The summed E-state index contributed by atoms with van der Waals surface area (Å²) >= 11 is 0. The van der Waals surface area contributed by atoms with E-state index in [9.17, 15) is 0 Å². The Balaban J connectivity index is 1.29. The van der Waals surface area contributed by atoms with Gasteiger partial charge in [-0.25, -0.2) is 0 Å². The van der Waals surface area contributed by atoms with Crippen LogP contribution in [0.1, 0.15) is 44.9 Å². The molecule has 0 aliphatic heterocycles. The first-order valence-corrected chi connectivity index (χ1v) is 7.83. The van der Waals surface area contributed by atoms with Crippen molar-refractivity contribution in [3.05, 3.63) is 0 Å². The van der Waals surface area contributed by atoms with E-state index in [1.807, 2.05) is 0 Å². The molecule has 2 heteroatoms. The summed E-state index contributed by atoms with van der Waals surface area (Å²) in [4.78, 5) is 0. The molecule has 17 heavy (non-hydrogen) atoms. The Hall–Kier alpha value is -0.0800. The van der Waals surface area contributed by atoms with Crippen molar-refractivity contribution in [1.82, 2.24) is 5.32 Å². The maximum absolute atomic E-state index is 6.23. The Morgan fingerprint density at radius 1 is 0.941 bits per heavy atom. The fraction of sp³-hybridized carbons (Fsp3) is 1.00. The summed E-state index contributed by atoms with van der Waals surface area (Å²) in [6.45, 7) is 1.21. The van der Waals surface area contributed by atoms with Crippen LogP contribution >= 0.6 is 0 Å². The number of nitrogens with two attached hydrogens (primary N) is 1. The first-order valence-electron chi connectivity index (χ1n) is 7.83. The monoisotopic (exact) mass is 234 g/mol. The van der Waals surface area contributed by atoms with Crippen molar-refractivity contribution in [2.45, 2.75) is 57.0 Å². The highest BCUT2D eigenvalue weighted by Gasteiger charge is 2.64. The quantitative estimate of drug-likeness (QED) is 0.785. The van der Waals surface area contributed by atoms with Gasteiger partial charge in [-0.3, -0.25) is 0 Å². The van der Waals surface area contributed by atoms with Crippen molar-refractivity contribution < 1.29 is 0 Å². The molecule has 0 amide bonds. The standard InChI is InChI=1S/C15H26N2/c16-12-4-2-1-3-11(12)8-17-15-13-9-5-6-10(7-9)14(13)15/h9-15,17H,1-8,16H2. The molecule has 6 unspecified atom stereocenters. The lowest BCUT2D eigenvalue weighted by atomic mass is 9.85. The Kier molecular flexibility index (Phi) is 2.52. The van der Waals surface area contributed by atoms with Gasteiger partial charge in [-0.2, -0.15) is 0 Å². The molecule has 0 radical (unpaired) electrons. The first kappa shape index (κ1) is 10.8. The van der Waals surface area contributed by atoms with Crippen LogP contribution in [-0.2, 0) is 0 Å². The van der Waals surface area contributed by atoms with Crippen molar-refractivity contribution in [1.29, 1.82) is 0 Å². The van der Waals surface area contributed by atoms with E-state index in [0.29, 0.717) is 6.04 Å². The van der Waals surface area contributed by atoms with Gasteiger partial charge >= 0.3 is 0 Å². The van der Waals surface area contributed by atoms with Crippen molar-refractivity contribution in [3.63, 3.8) is 0 Å². The average molecular weight is 234 g/mol. The van der Waals surface area contributed by atoms with E-state index in [1.54, 1.807) is 6.42 Å². The zero-order chi connectivity index (χ0) is 11.4. The van der Waals surface area contributed by atoms with Gasteiger partial charge in [-0.15, -0.1) is 0 Å². The van der Waals surface area contributed by atoms with Gasteiger partial charge in [-0.1, -0.05) is 12.8 Å². The summed E-state index contributed by atoms with van der Waals surface area (Å²) in [6.07, 6.45) is 10.0. The first-order chi connectivity index (χ1) is 8.34. The number of nitrogens with one attached hydrogen (secondary N) is 1.